The lowest BCUT2D eigenvalue weighted by molar-refractivity contribution is -0.176. The largest absolute Gasteiger partial charge is 0.481 e. The molecule has 2 fully saturated rings. The van der Waals surface area contributed by atoms with Crippen molar-refractivity contribution in [3.63, 3.8) is 0 Å². The summed E-state index contributed by atoms with van der Waals surface area (Å²) in [5.41, 5.74) is 1.89. The molecule has 1 amide bonds. The van der Waals surface area contributed by atoms with Crippen molar-refractivity contribution in [1.82, 2.24) is 5.32 Å². The van der Waals surface area contributed by atoms with Gasteiger partial charge in [0, 0.05) is 6.42 Å². The molecule has 5 atom stereocenters. The van der Waals surface area contributed by atoms with E-state index in [4.69, 9.17) is 14.2 Å². The Morgan fingerprint density at radius 1 is 0.966 bits per heavy atom. The standard InChI is InChI=1S/C22H23NO6/c24-21(25)16-11-17-18(23-22(26)29-17)20(28-13-15-9-5-2-6-10-15)19(16)27-12-14-7-3-1-4-8-14/h1-10,16-20H,11-13H2,(H,23,26)(H,24,25)/t16-,17-,18-,19+,20+/m0/s1. The molecule has 0 spiro atoms. The molecule has 1 saturated carbocycles. The van der Waals surface area contributed by atoms with E-state index in [-0.39, 0.29) is 19.6 Å². The lowest BCUT2D eigenvalue weighted by atomic mass is 9.79. The Bertz CT molecular complexity index is 843. The first kappa shape index (κ1) is 19.4. The van der Waals surface area contributed by atoms with Gasteiger partial charge in [-0.1, -0.05) is 60.7 Å². The Balaban J connectivity index is 1.56. The van der Waals surface area contributed by atoms with E-state index in [2.05, 4.69) is 5.32 Å². The summed E-state index contributed by atoms with van der Waals surface area (Å²) >= 11 is 0. The minimum Gasteiger partial charge on any atom is -0.481 e. The van der Waals surface area contributed by atoms with Crippen LogP contribution in [0.5, 0.6) is 0 Å². The molecule has 152 valence electrons. The average molecular weight is 397 g/mol. The van der Waals surface area contributed by atoms with Crippen molar-refractivity contribution in [2.45, 2.75) is 44.0 Å². The highest BCUT2D eigenvalue weighted by Crippen LogP contribution is 2.35. The summed E-state index contributed by atoms with van der Waals surface area (Å²) in [5, 5.41) is 12.6. The van der Waals surface area contributed by atoms with Crippen molar-refractivity contribution in [1.29, 1.82) is 0 Å². The van der Waals surface area contributed by atoms with Gasteiger partial charge in [-0.05, 0) is 11.1 Å². The monoisotopic (exact) mass is 397 g/mol. The van der Waals surface area contributed by atoms with Crippen LogP contribution in [0.2, 0.25) is 0 Å². The number of carbonyl (C=O) groups excluding carboxylic acids is 1. The van der Waals surface area contributed by atoms with Gasteiger partial charge in [0.2, 0.25) is 0 Å². The van der Waals surface area contributed by atoms with Gasteiger partial charge in [-0.2, -0.15) is 0 Å². The highest BCUT2D eigenvalue weighted by Gasteiger charge is 2.54. The summed E-state index contributed by atoms with van der Waals surface area (Å²) in [4.78, 5) is 23.8. The van der Waals surface area contributed by atoms with Gasteiger partial charge >= 0.3 is 12.1 Å². The average Bonchev–Trinajstić information content (AvgIpc) is 3.11. The van der Waals surface area contributed by atoms with Crippen LogP contribution in [0.25, 0.3) is 0 Å². The predicted octanol–water partition coefficient (Wildman–Crippen LogP) is 2.74. The maximum Gasteiger partial charge on any atom is 0.407 e. The number of carbonyl (C=O) groups is 2. The fourth-order valence-electron chi connectivity index (χ4n) is 3.96. The second kappa shape index (κ2) is 8.63. The molecule has 0 bridgehead atoms. The molecular formula is C22H23NO6. The van der Waals surface area contributed by atoms with E-state index in [1.807, 2.05) is 60.7 Å². The molecule has 29 heavy (non-hydrogen) atoms. The molecule has 7 heteroatoms. The number of amides is 1. The maximum absolute atomic E-state index is 12.0. The van der Waals surface area contributed by atoms with Crippen molar-refractivity contribution in [2.24, 2.45) is 5.92 Å². The van der Waals surface area contributed by atoms with Crippen LogP contribution in [0, 0.1) is 5.92 Å². The number of carboxylic acid groups (broad SMARTS) is 1. The van der Waals surface area contributed by atoms with Crippen molar-refractivity contribution in [2.75, 3.05) is 0 Å². The number of aliphatic carboxylic acids is 1. The van der Waals surface area contributed by atoms with Gasteiger partial charge < -0.3 is 24.6 Å². The van der Waals surface area contributed by atoms with Crippen LogP contribution in [-0.2, 0) is 32.2 Å². The summed E-state index contributed by atoms with van der Waals surface area (Å²) in [6.45, 7) is 0.537. The third kappa shape index (κ3) is 4.41. The SMILES string of the molecule is O=C1N[C@@H]2[C@@H](OCc3ccccc3)[C@H](OCc3ccccc3)[C@@H](C(=O)O)C[C@@H]2O1. The van der Waals surface area contributed by atoms with Crippen LogP contribution in [0.15, 0.2) is 60.7 Å². The summed E-state index contributed by atoms with van der Waals surface area (Å²) in [6, 6.07) is 18.7. The third-order valence-corrected chi connectivity index (χ3v) is 5.39. The number of carboxylic acids is 1. The molecule has 2 aromatic carbocycles. The quantitative estimate of drug-likeness (QED) is 0.746. The number of hydrogen-bond donors (Lipinski definition) is 2. The predicted molar refractivity (Wildman–Crippen MR) is 103 cm³/mol. The Kier molecular flexibility index (Phi) is 5.78. The molecule has 0 radical (unpaired) electrons. The molecule has 7 nitrogen and oxygen atoms in total. The van der Waals surface area contributed by atoms with Gasteiger partial charge in [0.15, 0.2) is 0 Å². The topological polar surface area (TPSA) is 94.1 Å². The van der Waals surface area contributed by atoms with Crippen LogP contribution in [-0.4, -0.2) is 41.5 Å². The van der Waals surface area contributed by atoms with Gasteiger partial charge in [-0.3, -0.25) is 4.79 Å². The Hall–Kier alpha value is -2.90. The fourth-order valence-corrected chi connectivity index (χ4v) is 3.96. The summed E-state index contributed by atoms with van der Waals surface area (Å²) in [5.74, 6) is -1.83. The number of nitrogens with one attached hydrogen (secondary N) is 1. The zero-order valence-electron chi connectivity index (χ0n) is 15.8. The second-order valence-electron chi connectivity index (χ2n) is 7.32. The van der Waals surface area contributed by atoms with E-state index in [1.165, 1.54) is 0 Å². The minimum absolute atomic E-state index is 0.184. The zero-order chi connectivity index (χ0) is 20.2. The van der Waals surface area contributed by atoms with Crippen LogP contribution < -0.4 is 5.32 Å². The van der Waals surface area contributed by atoms with Crippen molar-refractivity contribution in [3.05, 3.63) is 71.8 Å². The number of rotatable bonds is 7. The minimum atomic E-state index is -0.988. The highest BCUT2D eigenvalue weighted by molar-refractivity contribution is 5.73. The van der Waals surface area contributed by atoms with Crippen molar-refractivity contribution in [3.8, 4) is 0 Å². The molecule has 0 aromatic heterocycles. The highest BCUT2D eigenvalue weighted by atomic mass is 16.6. The molecule has 2 N–H and O–H groups in total. The molecule has 1 aliphatic carbocycles. The molecule has 4 rings (SSSR count). The number of hydrogen-bond acceptors (Lipinski definition) is 5. The summed E-state index contributed by atoms with van der Waals surface area (Å²) in [7, 11) is 0. The first-order chi connectivity index (χ1) is 14.1. The molecule has 1 aliphatic heterocycles. The molecule has 0 unspecified atom stereocenters. The Labute approximate surface area is 168 Å². The van der Waals surface area contributed by atoms with Gasteiger partial charge in [0.1, 0.15) is 12.2 Å². The van der Waals surface area contributed by atoms with Crippen LogP contribution >= 0.6 is 0 Å². The van der Waals surface area contributed by atoms with E-state index in [0.717, 1.165) is 11.1 Å². The number of fused-ring (bicyclic) bond motifs is 1. The number of benzene rings is 2. The van der Waals surface area contributed by atoms with E-state index in [0.29, 0.717) is 0 Å². The zero-order valence-corrected chi connectivity index (χ0v) is 15.8. The van der Waals surface area contributed by atoms with Crippen molar-refractivity contribution < 1.29 is 28.9 Å². The molecule has 2 aromatic rings. The summed E-state index contributed by atoms with van der Waals surface area (Å²) in [6.07, 6.45) is -2.30. The molecule has 1 heterocycles. The number of ether oxygens (including phenoxy) is 3. The van der Waals surface area contributed by atoms with E-state index in [1.54, 1.807) is 0 Å². The first-order valence-corrected chi connectivity index (χ1v) is 9.63. The normalized spacial score (nSPS) is 28.3. The van der Waals surface area contributed by atoms with E-state index >= 15 is 0 Å². The number of alkyl carbamates (subject to hydrolysis) is 1. The van der Waals surface area contributed by atoms with Gasteiger partial charge in [-0.25, -0.2) is 4.79 Å². The van der Waals surface area contributed by atoms with Gasteiger partial charge in [0.25, 0.3) is 0 Å². The molecular weight excluding hydrogens is 374 g/mol. The first-order valence-electron chi connectivity index (χ1n) is 9.63. The van der Waals surface area contributed by atoms with Crippen molar-refractivity contribution >= 4 is 12.1 Å². The van der Waals surface area contributed by atoms with Crippen LogP contribution in [0.3, 0.4) is 0 Å². The van der Waals surface area contributed by atoms with E-state index in [9.17, 15) is 14.7 Å². The smallest absolute Gasteiger partial charge is 0.407 e. The summed E-state index contributed by atoms with van der Waals surface area (Å²) < 4.78 is 17.5. The Morgan fingerprint density at radius 3 is 2.07 bits per heavy atom. The Morgan fingerprint density at radius 2 is 1.52 bits per heavy atom. The third-order valence-electron chi connectivity index (χ3n) is 5.39. The molecule has 1 saturated heterocycles. The fraction of sp³-hybridized carbons (Fsp3) is 0.364. The lowest BCUT2D eigenvalue weighted by Crippen LogP contribution is -2.59. The van der Waals surface area contributed by atoms with Crippen LogP contribution in [0.1, 0.15) is 17.5 Å². The molecule has 2 aliphatic rings. The van der Waals surface area contributed by atoms with Crippen LogP contribution in [0.4, 0.5) is 4.79 Å². The van der Waals surface area contributed by atoms with Gasteiger partial charge in [-0.15, -0.1) is 0 Å². The maximum atomic E-state index is 12.0. The second-order valence-corrected chi connectivity index (χ2v) is 7.32. The van der Waals surface area contributed by atoms with Gasteiger partial charge in [0.05, 0.1) is 31.3 Å². The van der Waals surface area contributed by atoms with E-state index < -0.39 is 42.3 Å². The lowest BCUT2D eigenvalue weighted by Gasteiger charge is -2.41.